The van der Waals surface area contributed by atoms with Gasteiger partial charge in [0.1, 0.15) is 11.2 Å². The molecule has 4 heterocycles. The molecule has 9 aromatic rings. The van der Waals surface area contributed by atoms with E-state index in [1.807, 2.05) is 48.7 Å². The Balaban J connectivity index is 1.32. The largest absolute Gasteiger partial charge is 0.456 e. The second-order valence-corrected chi connectivity index (χ2v) is 10.7. The van der Waals surface area contributed by atoms with Crippen LogP contribution in [0.15, 0.2) is 144 Å². The van der Waals surface area contributed by atoms with Gasteiger partial charge in [0.2, 0.25) is 5.95 Å². The predicted molar refractivity (Wildman–Crippen MR) is 176 cm³/mol. The normalized spacial score (nSPS) is 11.6. The standard InChI is InChI=1S/C38H23N5O/c1-2-9-24(10-3-1)25-17-19-26(20-18-25)36-40-37(29-13-8-16-34-35(29)30-23-39-22-21-33(30)44-34)42-38(41-36)43-31-14-6-4-11-27(31)28-12-5-7-15-32(28)43/h1-23H. The highest BCUT2D eigenvalue weighted by molar-refractivity contribution is 6.12. The van der Waals surface area contributed by atoms with Crippen LogP contribution >= 0.6 is 0 Å². The highest BCUT2D eigenvalue weighted by Crippen LogP contribution is 2.37. The first-order valence-corrected chi connectivity index (χ1v) is 14.5. The monoisotopic (exact) mass is 565 g/mol. The Hall–Kier alpha value is -6.14. The molecular formula is C38H23N5O. The van der Waals surface area contributed by atoms with Crippen molar-refractivity contribution in [3.8, 4) is 39.9 Å². The summed E-state index contributed by atoms with van der Waals surface area (Å²) in [6.45, 7) is 0. The zero-order valence-electron chi connectivity index (χ0n) is 23.4. The van der Waals surface area contributed by atoms with Gasteiger partial charge >= 0.3 is 0 Å². The summed E-state index contributed by atoms with van der Waals surface area (Å²) in [6.07, 6.45) is 3.58. The molecule has 0 amide bonds. The molecule has 0 fully saturated rings. The van der Waals surface area contributed by atoms with Gasteiger partial charge in [0.25, 0.3) is 0 Å². The van der Waals surface area contributed by atoms with Gasteiger partial charge in [0.05, 0.1) is 11.0 Å². The maximum absolute atomic E-state index is 6.19. The molecule has 4 aromatic heterocycles. The Labute approximate surface area is 251 Å². The fraction of sp³-hybridized carbons (Fsp3) is 0. The molecule has 6 nitrogen and oxygen atoms in total. The van der Waals surface area contributed by atoms with Crippen molar-refractivity contribution in [2.45, 2.75) is 0 Å². The molecule has 0 aliphatic heterocycles. The summed E-state index contributed by atoms with van der Waals surface area (Å²) in [4.78, 5) is 19.7. The second kappa shape index (κ2) is 9.71. The van der Waals surface area contributed by atoms with E-state index in [2.05, 4.69) is 94.5 Å². The quantitative estimate of drug-likeness (QED) is 0.213. The summed E-state index contributed by atoms with van der Waals surface area (Å²) in [5.41, 5.74) is 7.66. The number of aromatic nitrogens is 5. The van der Waals surface area contributed by atoms with Gasteiger partial charge in [0, 0.05) is 45.1 Å². The second-order valence-electron chi connectivity index (χ2n) is 10.7. The average molecular weight is 566 g/mol. The smallest absolute Gasteiger partial charge is 0.238 e. The van der Waals surface area contributed by atoms with Gasteiger partial charge in [-0.3, -0.25) is 9.55 Å². The molecule has 0 radical (unpaired) electrons. The first-order chi connectivity index (χ1) is 21.8. The lowest BCUT2D eigenvalue weighted by atomic mass is 10.0. The van der Waals surface area contributed by atoms with Crippen molar-refractivity contribution >= 4 is 43.7 Å². The van der Waals surface area contributed by atoms with Crippen LogP contribution in [0, 0.1) is 0 Å². The summed E-state index contributed by atoms with van der Waals surface area (Å²) in [5.74, 6) is 1.71. The SMILES string of the molecule is c1ccc(-c2ccc(-c3nc(-c4cccc5oc6ccncc6c45)nc(-n4c5ccccc5c5ccccc54)n3)cc2)cc1. The first-order valence-electron chi connectivity index (χ1n) is 14.5. The lowest BCUT2D eigenvalue weighted by Gasteiger charge is -2.11. The Kier molecular flexibility index (Phi) is 5.40. The van der Waals surface area contributed by atoms with Gasteiger partial charge in [-0.05, 0) is 35.4 Å². The highest BCUT2D eigenvalue weighted by Gasteiger charge is 2.20. The van der Waals surface area contributed by atoms with Crippen LogP contribution in [0.2, 0.25) is 0 Å². The lowest BCUT2D eigenvalue weighted by molar-refractivity contribution is 0.668. The van der Waals surface area contributed by atoms with Crippen molar-refractivity contribution in [1.82, 2.24) is 24.5 Å². The van der Waals surface area contributed by atoms with Crippen molar-refractivity contribution in [2.75, 3.05) is 0 Å². The molecule has 0 bridgehead atoms. The molecule has 0 saturated heterocycles. The number of benzene rings is 5. The Morgan fingerprint density at radius 2 is 1.14 bits per heavy atom. The minimum Gasteiger partial charge on any atom is -0.456 e. The van der Waals surface area contributed by atoms with Gasteiger partial charge in [-0.1, -0.05) is 103 Å². The van der Waals surface area contributed by atoms with Crippen LogP contribution in [0.25, 0.3) is 83.6 Å². The molecule has 0 aliphatic rings. The van der Waals surface area contributed by atoms with Crippen LogP contribution < -0.4 is 0 Å². The van der Waals surface area contributed by atoms with Crippen molar-refractivity contribution in [3.05, 3.63) is 140 Å². The Morgan fingerprint density at radius 1 is 0.477 bits per heavy atom. The summed E-state index contributed by atoms with van der Waals surface area (Å²) in [7, 11) is 0. The number of fused-ring (bicyclic) bond motifs is 6. The third-order valence-corrected chi connectivity index (χ3v) is 8.19. The van der Waals surface area contributed by atoms with Crippen LogP contribution in [0.1, 0.15) is 0 Å². The van der Waals surface area contributed by atoms with E-state index >= 15 is 0 Å². The molecule has 206 valence electrons. The van der Waals surface area contributed by atoms with Gasteiger partial charge in [-0.25, -0.2) is 4.98 Å². The van der Waals surface area contributed by atoms with E-state index in [-0.39, 0.29) is 0 Å². The first kappa shape index (κ1) is 24.5. The molecule has 0 aliphatic carbocycles. The number of pyridine rings is 1. The molecule has 0 spiro atoms. The molecule has 0 atom stereocenters. The van der Waals surface area contributed by atoms with Crippen molar-refractivity contribution < 1.29 is 4.42 Å². The Bertz CT molecular complexity index is 2440. The molecule has 9 rings (SSSR count). The van der Waals surface area contributed by atoms with Crippen molar-refractivity contribution in [2.24, 2.45) is 0 Å². The van der Waals surface area contributed by atoms with Crippen LogP contribution in [-0.4, -0.2) is 24.5 Å². The summed E-state index contributed by atoms with van der Waals surface area (Å²) in [5, 5.41) is 4.15. The molecule has 0 saturated carbocycles. The maximum Gasteiger partial charge on any atom is 0.238 e. The zero-order chi connectivity index (χ0) is 29.0. The van der Waals surface area contributed by atoms with Gasteiger partial charge in [-0.2, -0.15) is 9.97 Å². The minimum absolute atomic E-state index is 0.553. The van der Waals surface area contributed by atoms with Crippen LogP contribution in [0.4, 0.5) is 0 Å². The highest BCUT2D eigenvalue weighted by atomic mass is 16.3. The van der Waals surface area contributed by atoms with Gasteiger partial charge < -0.3 is 4.42 Å². The number of hydrogen-bond donors (Lipinski definition) is 0. The van der Waals surface area contributed by atoms with Crippen LogP contribution in [0.3, 0.4) is 0 Å². The third-order valence-electron chi connectivity index (χ3n) is 8.19. The van der Waals surface area contributed by atoms with Crippen molar-refractivity contribution in [1.29, 1.82) is 0 Å². The summed E-state index contributed by atoms with van der Waals surface area (Å²) < 4.78 is 8.32. The molecule has 0 unspecified atom stereocenters. The van der Waals surface area contributed by atoms with E-state index in [1.165, 1.54) is 0 Å². The molecule has 6 heteroatoms. The molecular weight excluding hydrogens is 542 g/mol. The number of nitrogens with zero attached hydrogens (tertiary/aromatic N) is 5. The Morgan fingerprint density at radius 3 is 1.91 bits per heavy atom. The number of rotatable bonds is 4. The maximum atomic E-state index is 6.19. The van der Waals surface area contributed by atoms with E-state index in [1.54, 1.807) is 6.20 Å². The number of furan rings is 1. The summed E-state index contributed by atoms with van der Waals surface area (Å²) in [6, 6.07) is 43.4. The van der Waals surface area contributed by atoms with E-state index in [9.17, 15) is 0 Å². The molecule has 44 heavy (non-hydrogen) atoms. The number of para-hydroxylation sites is 2. The topological polar surface area (TPSA) is 69.6 Å². The number of hydrogen-bond acceptors (Lipinski definition) is 5. The van der Waals surface area contributed by atoms with Gasteiger partial charge in [-0.15, -0.1) is 0 Å². The lowest BCUT2D eigenvalue weighted by Crippen LogP contribution is -2.06. The third kappa shape index (κ3) is 3.82. The molecule has 0 N–H and O–H groups in total. The van der Waals surface area contributed by atoms with Crippen LogP contribution in [-0.2, 0) is 0 Å². The van der Waals surface area contributed by atoms with E-state index in [0.29, 0.717) is 17.6 Å². The minimum atomic E-state index is 0.553. The van der Waals surface area contributed by atoms with Gasteiger partial charge in [0.15, 0.2) is 11.6 Å². The summed E-state index contributed by atoms with van der Waals surface area (Å²) >= 11 is 0. The van der Waals surface area contributed by atoms with Crippen LogP contribution in [0.5, 0.6) is 0 Å². The van der Waals surface area contributed by atoms with Crippen molar-refractivity contribution in [3.63, 3.8) is 0 Å². The fourth-order valence-corrected chi connectivity index (χ4v) is 6.15. The van der Waals surface area contributed by atoms with E-state index in [0.717, 1.165) is 66.0 Å². The predicted octanol–water partition coefficient (Wildman–Crippen LogP) is 9.26. The molecule has 5 aromatic carbocycles. The average Bonchev–Trinajstić information content (AvgIpc) is 3.65. The fourth-order valence-electron chi connectivity index (χ4n) is 6.15. The zero-order valence-corrected chi connectivity index (χ0v) is 23.4. The van der Waals surface area contributed by atoms with E-state index < -0.39 is 0 Å². The van der Waals surface area contributed by atoms with E-state index in [4.69, 9.17) is 19.4 Å².